The number of nitrogens with zero attached hydrogens (tertiary/aromatic N) is 6. The molecule has 0 N–H and O–H groups in total. The molecule has 0 spiro atoms. The van der Waals surface area contributed by atoms with Crippen LogP contribution >= 0.6 is 0 Å². The fraction of sp³-hybridized carbons (Fsp3) is 0.217. The maximum absolute atomic E-state index is 12.9. The largest absolute Gasteiger partial charge is 0.487 e. The van der Waals surface area contributed by atoms with Crippen molar-refractivity contribution in [2.75, 3.05) is 13.1 Å². The summed E-state index contributed by atoms with van der Waals surface area (Å²) in [7, 11) is 1.80. The predicted molar refractivity (Wildman–Crippen MR) is 114 cm³/mol. The molecule has 1 amide bonds. The minimum absolute atomic E-state index is 0.0267. The smallest absolute Gasteiger partial charge is 0.272 e. The van der Waals surface area contributed by atoms with E-state index in [9.17, 15) is 4.79 Å². The summed E-state index contributed by atoms with van der Waals surface area (Å²) in [6, 6.07) is 21.4. The summed E-state index contributed by atoms with van der Waals surface area (Å²) < 4.78 is 9.17. The number of aromatic nitrogens is 5. The maximum atomic E-state index is 12.9. The van der Waals surface area contributed by atoms with Crippen LogP contribution in [0.4, 0.5) is 0 Å². The lowest BCUT2D eigenvalue weighted by Crippen LogP contribution is -2.51. The van der Waals surface area contributed by atoms with Crippen LogP contribution in [0, 0.1) is 0 Å². The Balaban J connectivity index is 1.19. The zero-order valence-electron chi connectivity index (χ0n) is 17.1. The zero-order chi connectivity index (χ0) is 21.2. The van der Waals surface area contributed by atoms with Gasteiger partial charge in [-0.1, -0.05) is 53.7 Å². The van der Waals surface area contributed by atoms with Crippen molar-refractivity contribution in [1.29, 1.82) is 0 Å². The highest BCUT2D eigenvalue weighted by molar-refractivity contribution is 5.94. The Morgan fingerprint density at radius 1 is 1.06 bits per heavy atom. The van der Waals surface area contributed by atoms with Gasteiger partial charge in [0.2, 0.25) is 0 Å². The molecule has 0 saturated carbocycles. The van der Waals surface area contributed by atoms with Crippen LogP contribution in [0.3, 0.4) is 0 Å². The molecule has 0 radical (unpaired) electrons. The van der Waals surface area contributed by atoms with Crippen LogP contribution in [0.25, 0.3) is 11.3 Å². The molecular formula is C23H22N6O2. The average Bonchev–Trinajstić information content (AvgIpc) is 3.39. The Bertz CT molecular complexity index is 1180. The summed E-state index contributed by atoms with van der Waals surface area (Å²) in [6.45, 7) is 1.54. The molecule has 8 heteroatoms. The SMILES string of the molecule is Cn1nc(-c2ccccc2)cc1C(=O)N1CC(n2cc(COc3ccccc3)nn2)C1. The first-order valence-corrected chi connectivity index (χ1v) is 10.1. The van der Waals surface area contributed by atoms with Gasteiger partial charge in [-0.15, -0.1) is 5.10 Å². The van der Waals surface area contributed by atoms with Crippen LogP contribution in [0.5, 0.6) is 5.75 Å². The van der Waals surface area contributed by atoms with Crippen molar-refractivity contribution >= 4 is 5.91 Å². The van der Waals surface area contributed by atoms with Gasteiger partial charge in [-0.3, -0.25) is 9.48 Å². The highest BCUT2D eigenvalue weighted by atomic mass is 16.5. The van der Waals surface area contributed by atoms with Gasteiger partial charge in [0.15, 0.2) is 0 Å². The monoisotopic (exact) mass is 414 g/mol. The average molecular weight is 414 g/mol. The van der Waals surface area contributed by atoms with E-state index in [-0.39, 0.29) is 11.9 Å². The molecule has 5 rings (SSSR count). The molecular weight excluding hydrogens is 392 g/mol. The first-order valence-electron chi connectivity index (χ1n) is 10.1. The van der Waals surface area contributed by atoms with Crippen LogP contribution in [0.2, 0.25) is 0 Å². The number of hydrogen-bond acceptors (Lipinski definition) is 5. The quantitative estimate of drug-likeness (QED) is 0.485. The molecule has 1 aliphatic heterocycles. The second kappa shape index (κ2) is 8.06. The van der Waals surface area contributed by atoms with E-state index < -0.39 is 0 Å². The zero-order valence-corrected chi connectivity index (χ0v) is 17.1. The Morgan fingerprint density at radius 2 is 1.77 bits per heavy atom. The fourth-order valence-electron chi connectivity index (χ4n) is 3.60. The van der Waals surface area contributed by atoms with E-state index >= 15 is 0 Å². The standard InChI is InChI=1S/C23H22N6O2/c1-27-22(12-21(25-27)17-8-4-2-5-9-17)23(30)28-14-19(15-28)29-13-18(24-26-29)16-31-20-10-6-3-7-11-20/h2-13,19H,14-16H2,1H3. The number of benzene rings is 2. The summed E-state index contributed by atoms with van der Waals surface area (Å²) in [5, 5.41) is 12.9. The number of carbonyl (C=O) groups is 1. The molecule has 3 heterocycles. The minimum Gasteiger partial charge on any atom is -0.487 e. The number of carbonyl (C=O) groups excluding carboxylic acids is 1. The number of amides is 1. The highest BCUT2D eigenvalue weighted by Crippen LogP contribution is 2.25. The Labute approximate surface area is 179 Å². The molecule has 31 heavy (non-hydrogen) atoms. The van der Waals surface area contributed by atoms with Crippen molar-refractivity contribution < 1.29 is 9.53 Å². The third-order valence-corrected chi connectivity index (χ3v) is 5.38. The van der Waals surface area contributed by atoms with E-state index in [2.05, 4.69) is 15.4 Å². The van der Waals surface area contributed by atoms with Crippen molar-refractivity contribution in [2.45, 2.75) is 12.6 Å². The van der Waals surface area contributed by atoms with E-state index in [4.69, 9.17) is 4.74 Å². The normalized spacial score (nSPS) is 13.8. The third-order valence-electron chi connectivity index (χ3n) is 5.38. The highest BCUT2D eigenvalue weighted by Gasteiger charge is 2.34. The molecule has 2 aromatic heterocycles. The predicted octanol–water partition coefficient (Wildman–Crippen LogP) is 2.95. The molecule has 1 fully saturated rings. The summed E-state index contributed by atoms with van der Waals surface area (Å²) >= 11 is 0. The van der Waals surface area contributed by atoms with E-state index in [1.165, 1.54) is 0 Å². The van der Waals surface area contributed by atoms with Crippen LogP contribution < -0.4 is 4.74 Å². The van der Waals surface area contributed by atoms with Gasteiger partial charge in [-0.25, -0.2) is 4.68 Å². The topological polar surface area (TPSA) is 78.1 Å². The first-order chi connectivity index (χ1) is 15.2. The summed E-state index contributed by atoms with van der Waals surface area (Å²) in [5.74, 6) is 0.768. The fourth-order valence-corrected chi connectivity index (χ4v) is 3.60. The second-order valence-electron chi connectivity index (χ2n) is 7.56. The van der Waals surface area contributed by atoms with E-state index in [1.807, 2.05) is 77.6 Å². The number of para-hydroxylation sites is 1. The lowest BCUT2D eigenvalue weighted by molar-refractivity contribution is 0.0487. The number of hydrogen-bond donors (Lipinski definition) is 0. The molecule has 0 atom stereocenters. The summed E-state index contributed by atoms with van der Waals surface area (Å²) in [6.07, 6.45) is 1.88. The Morgan fingerprint density at radius 3 is 2.52 bits per heavy atom. The van der Waals surface area contributed by atoms with E-state index in [1.54, 1.807) is 16.6 Å². The van der Waals surface area contributed by atoms with Gasteiger partial charge >= 0.3 is 0 Å². The third kappa shape index (κ3) is 3.92. The molecule has 0 aliphatic carbocycles. The second-order valence-corrected chi connectivity index (χ2v) is 7.56. The molecule has 0 unspecified atom stereocenters. The van der Waals surface area contributed by atoms with Gasteiger partial charge in [0.1, 0.15) is 23.7 Å². The van der Waals surface area contributed by atoms with Crippen molar-refractivity contribution in [1.82, 2.24) is 29.7 Å². The van der Waals surface area contributed by atoms with E-state index in [0.717, 1.165) is 22.7 Å². The van der Waals surface area contributed by atoms with E-state index in [0.29, 0.717) is 25.4 Å². The first kappa shape index (κ1) is 19.0. The Hall–Kier alpha value is -3.94. The minimum atomic E-state index is -0.0267. The van der Waals surface area contributed by atoms with Gasteiger partial charge in [0, 0.05) is 25.7 Å². The lowest BCUT2D eigenvalue weighted by atomic mass is 10.1. The van der Waals surface area contributed by atoms with Crippen LogP contribution in [0.15, 0.2) is 72.9 Å². The molecule has 1 aliphatic rings. The summed E-state index contributed by atoms with van der Waals surface area (Å²) in [5.41, 5.74) is 3.12. The number of aryl methyl sites for hydroxylation is 1. The maximum Gasteiger partial charge on any atom is 0.272 e. The number of likely N-dealkylation sites (tertiary alicyclic amines) is 1. The van der Waals surface area contributed by atoms with Gasteiger partial charge in [0.05, 0.1) is 17.9 Å². The molecule has 4 aromatic rings. The summed E-state index contributed by atoms with van der Waals surface area (Å²) in [4.78, 5) is 14.7. The van der Waals surface area contributed by atoms with Gasteiger partial charge in [-0.05, 0) is 18.2 Å². The van der Waals surface area contributed by atoms with Crippen LogP contribution in [-0.2, 0) is 13.7 Å². The number of ether oxygens (including phenoxy) is 1. The van der Waals surface area contributed by atoms with Gasteiger partial charge < -0.3 is 9.64 Å². The lowest BCUT2D eigenvalue weighted by Gasteiger charge is -2.38. The van der Waals surface area contributed by atoms with Crippen molar-refractivity contribution in [3.63, 3.8) is 0 Å². The Kier molecular flexibility index (Phi) is 4.95. The van der Waals surface area contributed by atoms with Gasteiger partial charge in [0.25, 0.3) is 5.91 Å². The van der Waals surface area contributed by atoms with Crippen molar-refractivity contribution in [2.24, 2.45) is 7.05 Å². The van der Waals surface area contributed by atoms with Crippen LogP contribution in [0.1, 0.15) is 22.2 Å². The molecule has 8 nitrogen and oxygen atoms in total. The molecule has 156 valence electrons. The molecule has 1 saturated heterocycles. The number of rotatable bonds is 6. The van der Waals surface area contributed by atoms with Crippen LogP contribution in [-0.4, -0.2) is 48.7 Å². The van der Waals surface area contributed by atoms with Gasteiger partial charge in [-0.2, -0.15) is 5.10 Å². The van der Waals surface area contributed by atoms with Crippen molar-refractivity contribution in [3.05, 3.63) is 84.3 Å². The van der Waals surface area contributed by atoms with Crippen molar-refractivity contribution in [3.8, 4) is 17.0 Å². The molecule has 0 bridgehead atoms. The molecule has 2 aromatic carbocycles.